The number of pyridine rings is 1. The largest absolute Gasteiger partial charge is 0.358 e. The van der Waals surface area contributed by atoms with Crippen molar-refractivity contribution in [3.63, 3.8) is 0 Å². The molecule has 1 saturated heterocycles. The molecule has 3 rings (SSSR count). The minimum Gasteiger partial charge on any atom is -0.358 e. The topological polar surface area (TPSA) is 32.6 Å². The van der Waals surface area contributed by atoms with Crippen molar-refractivity contribution in [2.75, 3.05) is 24.5 Å². The van der Waals surface area contributed by atoms with Crippen LogP contribution in [0.2, 0.25) is 0 Å². The number of hydrogen-bond donors (Lipinski definition) is 1. The van der Waals surface area contributed by atoms with Crippen molar-refractivity contribution in [2.45, 2.75) is 39.2 Å². The predicted octanol–water partition coefficient (Wildman–Crippen LogP) is 2.94. The zero-order chi connectivity index (χ0) is 14.7. The number of fused-ring (bicyclic) bond motifs is 1. The smallest absolute Gasteiger partial charge is 0.138 e. The average molecular weight is 286 g/mol. The van der Waals surface area contributed by atoms with Gasteiger partial charge in [0.05, 0.1) is 0 Å². The Morgan fingerprint density at radius 2 is 2.14 bits per heavy atom. The van der Waals surface area contributed by atoms with E-state index in [0.29, 0.717) is 6.04 Å². The zero-order valence-electron chi connectivity index (χ0n) is 13.1. The van der Waals surface area contributed by atoms with Crippen molar-refractivity contribution >= 4 is 11.5 Å². The first-order chi connectivity index (χ1) is 10.3. The third kappa shape index (κ3) is 3.05. The quantitative estimate of drug-likeness (QED) is 0.917. The van der Waals surface area contributed by atoms with Gasteiger partial charge in [-0.1, -0.05) is 13.0 Å². The van der Waals surface area contributed by atoms with E-state index in [1.807, 2.05) is 6.20 Å². The van der Waals surface area contributed by atoms with E-state index in [9.17, 15) is 0 Å². The third-order valence-corrected chi connectivity index (χ3v) is 4.69. The van der Waals surface area contributed by atoms with Crippen molar-refractivity contribution in [3.05, 3.63) is 30.6 Å². The van der Waals surface area contributed by atoms with Crippen LogP contribution in [0.5, 0.6) is 0 Å². The molecule has 0 amide bonds. The number of piperidine rings is 1. The maximum atomic E-state index is 4.38. The number of anilines is 1. The highest BCUT2D eigenvalue weighted by Gasteiger charge is 2.24. The van der Waals surface area contributed by atoms with E-state index in [-0.39, 0.29) is 0 Å². The van der Waals surface area contributed by atoms with Gasteiger partial charge in [-0.2, -0.15) is 0 Å². The molecule has 0 radical (unpaired) electrons. The SMILES string of the molecule is CCCNC(C)C1CCN(c2cccc3nccn23)CC1. The normalized spacial score (nSPS) is 18.3. The molecule has 3 heterocycles. The Hall–Kier alpha value is -1.55. The van der Waals surface area contributed by atoms with Gasteiger partial charge in [0.2, 0.25) is 0 Å². The van der Waals surface area contributed by atoms with Crippen LogP contribution in [0.4, 0.5) is 5.82 Å². The van der Waals surface area contributed by atoms with Gasteiger partial charge < -0.3 is 10.2 Å². The summed E-state index contributed by atoms with van der Waals surface area (Å²) < 4.78 is 2.19. The first-order valence-electron chi connectivity index (χ1n) is 8.20. The minimum atomic E-state index is 0.635. The van der Waals surface area contributed by atoms with E-state index in [0.717, 1.165) is 31.2 Å². The van der Waals surface area contributed by atoms with Crippen LogP contribution in [0.1, 0.15) is 33.1 Å². The lowest BCUT2D eigenvalue weighted by atomic mass is 9.90. The van der Waals surface area contributed by atoms with Gasteiger partial charge in [-0.25, -0.2) is 4.98 Å². The summed E-state index contributed by atoms with van der Waals surface area (Å²) in [6.45, 7) is 7.98. The highest BCUT2D eigenvalue weighted by molar-refractivity contribution is 5.51. The Morgan fingerprint density at radius 1 is 1.33 bits per heavy atom. The van der Waals surface area contributed by atoms with Crippen LogP contribution in [0.3, 0.4) is 0 Å². The summed E-state index contributed by atoms with van der Waals surface area (Å²) in [4.78, 5) is 6.88. The van der Waals surface area contributed by atoms with Crippen molar-refractivity contribution in [2.24, 2.45) is 5.92 Å². The first kappa shape index (κ1) is 14.4. The van der Waals surface area contributed by atoms with Crippen molar-refractivity contribution < 1.29 is 0 Å². The molecule has 0 bridgehead atoms. The van der Waals surface area contributed by atoms with E-state index in [4.69, 9.17) is 0 Å². The second-order valence-corrected chi connectivity index (χ2v) is 6.11. The fourth-order valence-corrected chi connectivity index (χ4v) is 3.36. The average Bonchev–Trinajstić information content (AvgIpc) is 3.01. The molecule has 0 aliphatic carbocycles. The Balaban J connectivity index is 1.64. The molecule has 4 heteroatoms. The van der Waals surface area contributed by atoms with Gasteiger partial charge in [-0.15, -0.1) is 0 Å². The van der Waals surface area contributed by atoms with Gasteiger partial charge >= 0.3 is 0 Å². The second-order valence-electron chi connectivity index (χ2n) is 6.11. The Labute approximate surface area is 127 Å². The Kier molecular flexibility index (Phi) is 4.44. The Bertz CT molecular complexity index is 569. The van der Waals surface area contributed by atoms with Crippen molar-refractivity contribution in [3.8, 4) is 0 Å². The number of imidazole rings is 1. The number of nitrogens with one attached hydrogen (secondary N) is 1. The molecule has 1 atom stereocenters. The van der Waals surface area contributed by atoms with Crippen LogP contribution in [-0.2, 0) is 0 Å². The summed E-state index contributed by atoms with van der Waals surface area (Å²) in [5.74, 6) is 2.08. The third-order valence-electron chi connectivity index (χ3n) is 4.69. The molecule has 21 heavy (non-hydrogen) atoms. The standard InChI is InChI=1S/C17H26N4/c1-3-9-18-14(2)15-7-11-20(12-8-15)17-6-4-5-16-19-10-13-21(16)17/h4-6,10,13-15,18H,3,7-9,11-12H2,1-2H3. The fraction of sp³-hybridized carbons (Fsp3) is 0.588. The molecular weight excluding hydrogens is 260 g/mol. The van der Waals surface area contributed by atoms with Gasteiger partial charge in [0.15, 0.2) is 0 Å². The molecule has 1 aliphatic rings. The molecule has 1 unspecified atom stereocenters. The van der Waals surface area contributed by atoms with Crippen molar-refractivity contribution in [1.29, 1.82) is 0 Å². The first-order valence-corrected chi connectivity index (χ1v) is 8.20. The molecule has 1 N–H and O–H groups in total. The molecule has 2 aromatic heterocycles. The molecule has 0 aromatic carbocycles. The number of hydrogen-bond acceptors (Lipinski definition) is 3. The van der Waals surface area contributed by atoms with Crippen LogP contribution in [0.15, 0.2) is 30.6 Å². The van der Waals surface area contributed by atoms with Gasteiger partial charge in [0.1, 0.15) is 11.5 Å². The summed E-state index contributed by atoms with van der Waals surface area (Å²) in [6.07, 6.45) is 7.68. The number of rotatable bonds is 5. The molecular formula is C17H26N4. The highest BCUT2D eigenvalue weighted by atomic mass is 15.2. The molecule has 114 valence electrons. The molecule has 0 saturated carbocycles. The summed E-state index contributed by atoms with van der Waals surface area (Å²) in [5, 5.41) is 3.65. The Morgan fingerprint density at radius 3 is 2.90 bits per heavy atom. The van der Waals surface area contributed by atoms with Crippen LogP contribution >= 0.6 is 0 Å². The van der Waals surface area contributed by atoms with Gasteiger partial charge in [0, 0.05) is 31.5 Å². The van der Waals surface area contributed by atoms with E-state index in [1.54, 1.807) is 0 Å². The number of nitrogens with zero attached hydrogens (tertiary/aromatic N) is 3. The lowest BCUT2D eigenvalue weighted by Crippen LogP contribution is -2.42. The fourth-order valence-electron chi connectivity index (χ4n) is 3.36. The summed E-state index contributed by atoms with van der Waals surface area (Å²) >= 11 is 0. The lowest BCUT2D eigenvalue weighted by Gasteiger charge is -2.36. The minimum absolute atomic E-state index is 0.635. The van der Waals surface area contributed by atoms with Gasteiger partial charge in [0.25, 0.3) is 0 Å². The van der Waals surface area contributed by atoms with Crippen LogP contribution in [-0.4, -0.2) is 35.1 Å². The zero-order valence-corrected chi connectivity index (χ0v) is 13.1. The summed E-state index contributed by atoms with van der Waals surface area (Å²) in [6, 6.07) is 7.01. The summed E-state index contributed by atoms with van der Waals surface area (Å²) in [7, 11) is 0. The van der Waals surface area contributed by atoms with E-state index in [1.165, 1.54) is 25.1 Å². The molecule has 0 spiro atoms. The van der Waals surface area contributed by atoms with Crippen molar-refractivity contribution in [1.82, 2.24) is 14.7 Å². The van der Waals surface area contributed by atoms with E-state index >= 15 is 0 Å². The van der Waals surface area contributed by atoms with Gasteiger partial charge in [-0.05, 0) is 50.8 Å². The van der Waals surface area contributed by atoms with Crippen LogP contribution < -0.4 is 10.2 Å². The lowest BCUT2D eigenvalue weighted by molar-refractivity contribution is 0.311. The molecule has 4 nitrogen and oxygen atoms in total. The second kappa shape index (κ2) is 6.48. The van der Waals surface area contributed by atoms with Gasteiger partial charge in [-0.3, -0.25) is 4.40 Å². The van der Waals surface area contributed by atoms with E-state index in [2.05, 4.69) is 57.8 Å². The monoisotopic (exact) mass is 286 g/mol. The maximum Gasteiger partial charge on any atom is 0.138 e. The molecule has 1 fully saturated rings. The van der Waals surface area contributed by atoms with E-state index < -0.39 is 0 Å². The highest BCUT2D eigenvalue weighted by Crippen LogP contribution is 2.25. The summed E-state index contributed by atoms with van der Waals surface area (Å²) in [5.41, 5.74) is 1.03. The molecule has 1 aliphatic heterocycles. The maximum absolute atomic E-state index is 4.38. The van der Waals surface area contributed by atoms with Crippen LogP contribution in [0, 0.1) is 5.92 Å². The van der Waals surface area contributed by atoms with Crippen LogP contribution in [0.25, 0.3) is 5.65 Å². The molecule has 2 aromatic rings. The predicted molar refractivity (Wildman–Crippen MR) is 87.9 cm³/mol. The number of aromatic nitrogens is 2.